The summed E-state index contributed by atoms with van der Waals surface area (Å²) in [5.74, 6) is 0. The van der Waals surface area contributed by atoms with Crippen LogP contribution in [0.2, 0.25) is 0 Å². The van der Waals surface area contributed by atoms with E-state index >= 15 is 0 Å². The minimum absolute atomic E-state index is 0.684. The molecular formula is C3H6NO2. The van der Waals surface area contributed by atoms with E-state index in [1.807, 2.05) is 0 Å². The van der Waals surface area contributed by atoms with Crippen molar-refractivity contribution in [1.29, 1.82) is 0 Å². The average molecular weight is 88.1 g/mol. The highest BCUT2D eigenvalue weighted by molar-refractivity contribution is 4.35. The van der Waals surface area contributed by atoms with E-state index in [2.05, 4.69) is 15.4 Å². The van der Waals surface area contributed by atoms with Crippen molar-refractivity contribution < 1.29 is 9.88 Å². The molecule has 1 aliphatic heterocycles. The topological polar surface area (TPSA) is 32.6 Å². The van der Waals surface area contributed by atoms with Crippen molar-refractivity contribution in [2.75, 3.05) is 13.2 Å². The smallest absolute Gasteiger partial charge is 0.0856 e. The zero-order chi connectivity index (χ0) is 4.24. The van der Waals surface area contributed by atoms with Gasteiger partial charge in [0.15, 0.2) is 0 Å². The van der Waals surface area contributed by atoms with Crippen molar-refractivity contribution in [3.05, 3.63) is 0 Å². The van der Waals surface area contributed by atoms with Gasteiger partial charge in [-0.15, -0.1) is 4.99 Å². The highest BCUT2D eigenvalue weighted by Gasteiger charge is 1.96. The second-order valence-electron chi connectivity index (χ2n) is 1.10. The first-order valence-corrected chi connectivity index (χ1v) is 1.95. The van der Waals surface area contributed by atoms with Gasteiger partial charge in [-0.05, 0) is 6.42 Å². The molecular weight excluding hydrogens is 82.0 g/mol. The van der Waals surface area contributed by atoms with E-state index < -0.39 is 0 Å². The summed E-state index contributed by atoms with van der Waals surface area (Å²) < 4.78 is 0. The lowest BCUT2D eigenvalue weighted by molar-refractivity contribution is -0.357. The van der Waals surface area contributed by atoms with Crippen LogP contribution in [0.5, 0.6) is 0 Å². The van der Waals surface area contributed by atoms with Crippen molar-refractivity contribution in [1.82, 2.24) is 5.48 Å². The highest BCUT2D eigenvalue weighted by Crippen LogP contribution is 1.87. The maximum atomic E-state index is 4.40. The van der Waals surface area contributed by atoms with Gasteiger partial charge in [-0.3, -0.25) is 0 Å². The Balaban J connectivity index is 2.00. The van der Waals surface area contributed by atoms with Gasteiger partial charge in [-0.2, -0.15) is 0 Å². The number of nitrogens with zero attached hydrogens (tertiary/aromatic N) is 1. The Labute approximate surface area is 36.1 Å². The summed E-state index contributed by atoms with van der Waals surface area (Å²) >= 11 is 0. The maximum absolute atomic E-state index is 4.40. The first-order valence-electron chi connectivity index (χ1n) is 1.95. The molecule has 35 valence electrons. The number of hydroxylamine groups is 1. The largest absolute Gasteiger partial charge is 0.217 e. The third-order valence-corrected chi connectivity index (χ3v) is 0.582. The Morgan fingerprint density at radius 3 is 2.67 bits per heavy atom. The van der Waals surface area contributed by atoms with Crippen LogP contribution in [0, 0.1) is 0 Å². The van der Waals surface area contributed by atoms with Crippen molar-refractivity contribution in [2.45, 2.75) is 6.42 Å². The maximum Gasteiger partial charge on any atom is 0.0856 e. The number of hydrogen-bond donors (Lipinski definition) is 0. The molecule has 3 heteroatoms. The Hall–Kier alpha value is -0.120. The summed E-state index contributed by atoms with van der Waals surface area (Å²) in [5, 5.41) is 0. The minimum Gasteiger partial charge on any atom is -0.217 e. The summed E-state index contributed by atoms with van der Waals surface area (Å²) in [6.45, 7) is 1.46. The van der Waals surface area contributed by atoms with Gasteiger partial charge in [0, 0.05) is 6.54 Å². The molecule has 1 heterocycles. The molecule has 0 aromatic rings. The normalized spacial score (nSPS) is 24.0. The minimum atomic E-state index is 0.684. The van der Waals surface area contributed by atoms with Crippen LogP contribution in [0.4, 0.5) is 0 Å². The molecule has 0 bridgehead atoms. The van der Waals surface area contributed by atoms with E-state index in [0.717, 1.165) is 13.0 Å². The molecule has 0 aromatic heterocycles. The molecule has 1 radical (unpaired) electrons. The third-order valence-electron chi connectivity index (χ3n) is 0.582. The van der Waals surface area contributed by atoms with Crippen LogP contribution >= 0.6 is 0 Å². The van der Waals surface area contributed by atoms with E-state index in [9.17, 15) is 0 Å². The van der Waals surface area contributed by atoms with Gasteiger partial charge in [0.05, 0.1) is 6.61 Å². The summed E-state index contributed by atoms with van der Waals surface area (Å²) in [6, 6.07) is 0. The van der Waals surface area contributed by atoms with Crippen LogP contribution in [0.15, 0.2) is 0 Å². The number of hydrogen-bond acceptors (Lipinski definition) is 2. The summed E-state index contributed by atoms with van der Waals surface area (Å²) in [5.41, 5.74) is 3.45. The van der Waals surface area contributed by atoms with Gasteiger partial charge in [0.1, 0.15) is 0 Å². The molecule has 0 spiro atoms. The Bertz CT molecular complexity index is 24.3. The van der Waals surface area contributed by atoms with Crippen LogP contribution in [0.1, 0.15) is 6.42 Å². The molecule has 0 N–H and O–H groups in total. The van der Waals surface area contributed by atoms with Crippen LogP contribution in [-0.4, -0.2) is 13.2 Å². The Morgan fingerprint density at radius 1 is 1.50 bits per heavy atom. The lowest BCUT2D eigenvalue weighted by Crippen LogP contribution is -2.17. The van der Waals surface area contributed by atoms with Crippen molar-refractivity contribution in [2.24, 2.45) is 0 Å². The fourth-order valence-electron chi connectivity index (χ4n) is 0.300. The van der Waals surface area contributed by atoms with Crippen LogP contribution < -0.4 is 5.48 Å². The monoisotopic (exact) mass is 88.0 g/mol. The average Bonchev–Trinajstić information content (AvgIpc) is 1.72. The van der Waals surface area contributed by atoms with Gasteiger partial charge in [0.2, 0.25) is 0 Å². The van der Waals surface area contributed by atoms with Gasteiger partial charge in [0.25, 0.3) is 0 Å². The molecule has 3 nitrogen and oxygen atoms in total. The standard InChI is InChI=1S/C3H6NO2/c1-2-4-6-5-3-1/h1-3H2. The zero-order valence-corrected chi connectivity index (χ0v) is 3.39. The first kappa shape index (κ1) is 4.05. The van der Waals surface area contributed by atoms with Gasteiger partial charge >= 0.3 is 0 Å². The molecule has 1 fully saturated rings. The Morgan fingerprint density at radius 2 is 2.50 bits per heavy atom. The fourth-order valence-corrected chi connectivity index (χ4v) is 0.300. The van der Waals surface area contributed by atoms with Crippen molar-refractivity contribution in [3.63, 3.8) is 0 Å². The number of rotatable bonds is 0. The van der Waals surface area contributed by atoms with Crippen LogP contribution in [0.25, 0.3) is 0 Å². The van der Waals surface area contributed by atoms with Gasteiger partial charge in [-0.25, -0.2) is 4.89 Å². The van der Waals surface area contributed by atoms with E-state index in [0.29, 0.717) is 6.61 Å². The summed E-state index contributed by atoms with van der Waals surface area (Å²) in [7, 11) is 0. The van der Waals surface area contributed by atoms with E-state index in [1.165, 1.54) is 0 Å². The van der Waals surface area contributed by atoms with E-state index in [1.54, 1.807) is 0 Å². The molecule has 1 saturated heterocycles. The quantitative estimate of drug-likeness (QED) is 0.386. The lowest BCUT2D eigenvalue weighted by Gasteiger charge is -2.05. The van der Waals surface area contributed by atoms with Gasteiger partial charge < -0.3 is 0 Å². The molecule has 0 aromatic carbocycles. The van der Waals surface area contributed by atoms with Crippen molar-refractivity contribution >= 4 is 0 Å². The predicted molar refractivity (Wildman–Crippen MR) is 18.7 cm³/mol. The zero-order valence-electron chi connectivity index (χ0n) is 3.39. The SMILES string of the molecule is C1C[N]OOC1. The van der Waals surface area contributed by atoms with Crippen LogP contribution in [0.3, 0.4) is 0 Å². The predicted octanol–water partition coefficient (Wildman–Crippen LogP) is -0.142. The summed E-state index contributed by atoms with van der Waals surface area (Å²) in [6.07, 6.45) is 0.986. The Kier molecular flexibility index (Phi) is 1.43. The molecule has 0 saturated carbocycles. The van der Waals surface area contributed by atoms with E-state index in [-0.39, 0.29) is 0 Å². The van der Waals surface area contributed by atoms with E-state index in [4.69, 9.17) is 0 Å². The van der Waals surface area contributed by atoms with Crippen LogP contribution in [-0.2, 0) is 9.88 Å². The molecule has 6 heavy (non-hydrogen) atoms. The fraction of sp³-hybridized carbons (Fsp3) is 1.00. The molecule has 0 atom stereocenters. The second-order valence-corrected chi connectivity index (χ2v) is 1.10. The molecule has 0 aliphatic carbocycles. The highest BCUT2D eigenvalue weighted by atomic mass is 17.3. The molecule has 1 rings (SSSR count). The lowest BCUT2D eigenvalue weighted by atomic mass is 10.5. The molecule has 1 aliphatic rings. The van der Waals surface area contributed by atoms with Gasteiger partial charge in [-0.1, -0.05) is 5.48 Å². The summed E-state index contributed by atoms with van der Waals surface area (Å²) in [4.78, 5) is 8.60. The molecule has 0 amide bonds. The molecule has 0 unspecified atom stereocenters. The first-order chi connectivity index (χ1) is 3.00. The third kappa shape index (κ3) is 0.931. The second kappa shape index (κ2) is 2.12. The van der Waals surface area contributed by atoms with Crippen molar-refractivity contribution in [3.8, 4) is 0 Å².